The van der Waals surface area contributed by atoms with Gasteiger partial charge in [0.25, 0.3) is 0 Å². The van der Waals surface area contributed by atoms with Gasteiger partial charge < -0.3 is 10.3 Å². The summed E-state index contributed by atoms with van der Waals surface area (Å²) in [6.45, 7) is 1.91. The first kappa shape index (κ1) is 12.4. The lowest BCUT2D eigenvalue weighted by molar-refractivity contribution is -0.796. The SMILES string of the molecule is Cc1ccccc1C1C(=O)c2cc(Cl)ccc2[NH+]1[O-]. The van der Waals surface area contributed by atoms with Crippen LogP contribution in [0.3, 0.4) is 0 Å². The average Bonchev–Trinajstić information content (AvgIpc) is 2.63. The van der Waals surface area contributed by atoms with Crippen molar-refractivity contribution in [2.45, 2.75) is 13.0 Å². The highest BCUT2D eigenvalue weighted by Crippen LogP contribution is 2.30. The molecule has 0 radical (unpaired) electrons. The number of rotatable bonds is 1. The molecule has 96 valence electrons. The van der Waals surface area contributed by atoms with Gasteiger partial charge in [-0.25, -0.2) is 0 Å². The summed E-state index contributed by atoms with van der Waals surface area (Å²) in [7, 11) is 0. The molecule has 0 amide bonds. The van der Waals surface area contributed by atoms with Crippen LogP contribution in [0.15, 0.2) is 42.5 Å². The molecule has 0 fully saturated rings. The highest BCUT2D eigenvalue weighted by Gasteiger charge is 2.40. The molecule has 19 heavy (non-hydrogen) atoms. The molecule has 0 spiro atoms. The minimum Gasteiger partial charge on any atom is -0.628 e. The number of carbonyl (C=O) groups is 1. The molecule has 0 saturated heterocycles. The highest BCUT2D eigenvalue weighted by atomic mass is 35.5. The zero-order valence-electron chi connectivity index (χ0n) is 10.3. The van der Waals surface area contributed by atoms with Gasteiger partial charge in [0, 0.05) is 16.7 Å². The van der Waals surface area contributed by atoms with Gasteiger partial charge in [-0.05, 0) is 24.6 Å². The smallest absolute Gasteiger partial charge is 0.231 e. The third kappa shape index (κ3) is 1.87. The summed E-state index contributed by atoms with van der Waals surface area (Å²) in [5.41, 5.74) is 2.64. The molecule has 1 N–H and O–H groups in total. The number of hydrogen-bond acceptors (Lipinski definition) is 2. The van der Waals surface area contributed by atoms with E-state index in [0.29, 0.717) is 16.3 Å². The second-order valence-electron chi connectivity index (χ2n) is 4.71. The van der Waals surface area contributed by atoms with Gasteiger partial charge in [0.2, 0.25) is 5.78 Å². The van der Waals surface area contributed by atoms with Crippen molar-refractivity contribution >= 4 is 23.1 Å². The maximum absolute atomic E-state index is 12.4. The molecule has 1 aliphatic rings. The number of aryl methyl sites for hydroxylation is 1. The van der Waals surface area contributed by atoms with Gasteiger partial charge in [-0.2, -0.15) is 0 Å². The van der Waals surface area contributed by atoms with Crippen molar-refractivity contribution in [2.24, 2.45) is 0 Å². The van der Waals surface area contributed by atoms with E-state index in [1.807, 2.05) is 31.2 Å². The van der Waals surface area contributed by atoms with E-state index in [1.165, 1.54) is 0 Å². The third-order valence-corrected chi connectivity index (χ3v) is 3.77. The summed E-state index contributed by atoms with van der Waals surface area (Å²) in [6.07, 6.45) is 0. The largest absolute Gasteiger partial charge is 0.628 e. The van der Waals surface area contributed by atoms with Gasteiger partial charge in [0.15, 0.2) is 6.04 Å². The van der Waals surface area contributed by atoms with Gasteiger partial charge in [0.05, 0.1) is 5.56 Å². The first-order valence-electron chi connectivity index (χ1n) is 6.03. The van der Waals surface area contributed by atoms with Crippen LogP contribution in [0.2, 0.25) is 5.02 Å². The van der Waals surface area contributed by atoms with E-state index in [2.05, 4.69) is 0 Å². The Morgan fingerprint density at radius 3 is 2.68 bits per heavy atom. The van der Waals surface area contributed by atoms with Gasteiger partial charge in [-0.3, -0.25) is 4.79 Å². The third-order valence-electron chi connectivity index (χ3n) is 3.54. The van der Waals surface area contributed by atoms with E-state index in [1.54, 1.807) is 18.2 Å². The molecule has 0 aromatic heterocycles. The van der Waals surface area contributed by atoms with Gasteiger partial charge in [-0.1, -0.05) is 35.9 Å². The number of ketones is 1. The second-order valence-corrected chi connectivity index (χ2v) is 5.14. The fourth-order valence-corrected chi connectivity index (χ4v) is 2.73. The van der Waals surface area contributed by atoms with Gasteiger partial charge >= 0.3 is 0 Å². The summed E-state index contributed by atoms with van der Waals surface area (Å²) in [6, 6.07) is 11.6. The summed E-state index contributed by atoms with van der Waals surface area (Å²) in [5, 5.41) is 12.8. The zero-order valence-corrected chi connectivity index (χ0v) is 11.1. The first-order chi connectivity index (χ1) is 9.09. The Balaban J connectivity index is 2.13. The van der Waals surface area contributed by atoms with Crippen LogP contribution in [0.25, 0.3) is 0 Å². The Morgan fingerprint density at radius 2 is 1.95 bits per heavy atom. The normalized spacial score (nSPS) is 21.5. The van der Waals surface area contributed by atoms with Crippen molar-refractivity contribution in [1.82, 2.24) is 0 Å². The monoisotopic (exact) mass is 273 g/mol. The van der Waals surface area contributed by atoms with Crippen molar-refractivity contribution in [3.8, 4) is 0 Å². The Labute approximate surface area is 116 Å². The Hall–Kier alpha value is -1.68. The lowest BCUT2D eigenvalue weighted by atomic mass is 9.97. The van der Waals surface area contributed by atoms with E-state index < -0.39 is 6.04 Å². The summed E-state index contributed by atoms with van der Waals surface area (Å²) in [4.78, 5) is 12.4. The minimum absolute atomic E-state index is 0.133. The molecule has 3 nitrogen and oxygen atoms in total. The number of halogens is 1. The molecule has 2 unspecified atom stereocenters. The molecule has 2 atom stereocenters. The molecule has 1 heterocycles. The van der Waals surface area contributed by atoms with Crippen molar-refractivity contribution in [3.05, 3.63) is 69.4 Å². The van der Waals surface area contributed by atoms with Crippen LogP contribution in [-0.2, 0) is 0 Å². The molecule has 2 aromatic carbocycles. The number of nitrogens with one attached hydrogen (secondary N) is 1. The number of hydroxylamine groups is 1. The number of quaternary nitrogens is 1. The average molecular weight is 274 g/mol. The number of Topliss-reactive ketones (excluding diaryl/α,β-unsaturated/α-hetero) is 1. The van der Waals surface area contributed by atoms with Crippen LogP contribution >= 0.6 is 11.6 Å². The zero-order chi connectivity index (χ0) is 13.6. The number of carbonyl (C=O) groups excluding carboxylic acids is 1. The number of benzene rings is 2. The van der Waals surface area contributed by atoms with Crippen molar-refractivity contribution < 1.29 is 9.86 Å². The van der Waals surface area contributed by atoms with E-state index in [0.717, 1.165) is 11.1 Å². The van der Waals surface area contributed by atoms with E-state index >= 15 is 0 Å². The van der Waals surface area contributed by atoms with Crippen molar-refractivity contribution in [3.63, 3.8) is 0 Å². The molecule has 4 heteroatoms. The quantitative estimate of drug-likeness (QED) is 0.812. The minimum atomic E-state index is -0.713. The maximum Gasteiger partial charge on any atom is 0.231 e. The number of hydrogen-bond donors (Lipinski definition) is 1. The van der Waals surface area contributed by atoms with Crippen molar-refractivity contribution in [2.75, 3.05) is 0 Å². The summed E-state index contributed by atoms with van der Waals surface area (Å²) < 4.78 is 0. The second kappa shape index (κ2) is 4.46. The Morgan fingerprint density at radius 1 is 1.21 bits per heavy atom. The molecule has 0 bridgehead atoms. The molecule has 0 aliphatic carbocycles. The Bertz CT molecular complexity index is 669. The van der Waals surface area contributed by atoms with Crippen LogP contribution in [0.4, 0.5) is 5.69 Å². The fourth-order valence-electron chi connectivity index (χ4n) is 2.56. The van der Waals surface area contributed by atoms with Crippen LogP contribution in [0.1, 0.15) is 27.5 Å². The molecular formula is C15H12ClNO2. The predicted molar refractivity (Wildman–Crippen MR) is 73.7 cm³/mol. The van der Waals surface area contributed by atoms with Crippen LogP contribution in [0, 0.1) is 12.1 Å². The van der Waals surface area contributed by atoms with E-state index in [4.69, 9.17) is 11.6 Å². The molecule has 1 aliphatic heterocycles. The lowest BCUT2D eigenvalue weighted by Gasteiger charge is -2.24. The summed E-state index contributed by atoms with van der Waals surface area (Å²) in [5.74, 6) is -0.156. The molecule has 2 aromatic rings. The predicted octanol–water partition coefficient (Wildman–Crippen LogP) is 2.60. The Kier molecular flexibility index (Phi) is 2.90. The summed E-state index contributed by atoms with van der Waals surface area (Å²) >= 11 is 5.90. The maximum atomic E-state index is 12.4. The topological polar surface area (TPSA) is 44.6 Å². The molecular weight excluding hydrogens is 262 g/mol. The van der Waals surface area contributed by atoms with Crippen LogP contribution in [-0.4, -0.2) is 5.78 Å². The van der Waals surface area contributed by atoms with Crippen LogP contribution in [0.5, 0.6) is 0 Å². The highest BCUT2D eigenvalue weighted by molar-refractivity contribution is 6.31. The standard InChI is InChI=1S/C15H12ClNO2/c1-9-4-2-3-5-11(9)14-15(18)12-8-10(16)6-7-13(12)17(14)19/h2-8,14,17H,1H3. The van der Waals surface area contributed by atoms with Gasteiger partial charge in [0.1, 0.15) is 5.69 Å². The fraction of sp³-hybridized carbons (Fsp3) is 0.133. The van der Waals surface area contributed by atoms with Crippen LogP contribution < -0.4 is 5.06 Å². The lowest BCUT2D eigenvalue weighted by Crippen LogP contribution is -3.01. The van der Waals surface area contributed by atoms with E-state index in [-0.39, 0.29) is 10.8 Å². The van der Waals surface area contributed by atoms with Crippen molar-refractivity contribution in [1.29, 1.82) is 0 Å². The molecule has 0 saturated carbocycles. The van der Waals surface area contributed by atoms with Gasteiger partial charge in [-0.15, -0.1) is 0 Å². The molecule has 3 rings (SSSR count). The first-order valence-corrected chi connectivity index (χ1v) is 6.41. The van der Waals surface area contributed by atoms with E-state index in [9.17, 15) is 10.0 Å². The number of fused-ring (bicyclic) bond motifs is 1.